The number of thiophene rings is 1. The van der Waals surface area contributed by atoms with Gasteiger partial charge in [-0.15, -0.1) is 11.3 Å². The number of fused-ring (bicyclic) bond motifs is 1. The van der Waals surface area contributed by atoms with Crippen molar-refractivity contribution in [2.45, 2.75) is 39.5 Å². The Morgan fingerprint density at radius 1 is 1.20 bits per heavy atom. The summed E-state index contributed by atoms with van der Waals surface area (Å²) in [6, 6.07) is 9.17. The number of carbonyl (C=O) groups excluding carboxylic acids is 2. The van der Waals surface area contributed by atoms with Gasteiger partial charge in [0.2, 0.25) is 0 Å². The number of para-hydroxylation sites is 1. The molecule has 0 saturated carbocycles. The van der Waals surface area contributed by atoms with Crippen LogP contribution in [0.5, 0.6) is 5.75 Å². The Morgan fingerprint density at radius 2 is 1.97 bits per heavy atom. The van der Waals surface area contributed by atoms with Crippen LogP contribution < -0.4 is 10.1 Å². The first-order chi connectivity index (χ1) is 14.6. The summed E-state index contributed by atoms with van der Waals surface area (Å²) in [6.45, 7) is 4.35. The van der Waals surface area contributed by atoms with E-state index >= 15 is 0 Å². The zero-order valence-corrected chi connectivity index (χ0v) is 17.9. The van der Waals surface area contributed by atoms with Gasteiger partial charge in [0.15, 0.2) is 0 Å². The number of nitrogens with zero attached hydrogens (tertiary/aromatic N) is 1. The van der Waals surface area contributed by atoms with E-state index in [0.29, 0.717) is 28.5 Å². The molecule has 0 unspecified atom stereocenters. The van der Waals surface area contributed by atoms with Crippen molar-refractivity contribution in [1.82, 2.24) is 0 Å². The van der Waals surface area contributed by atoms with Crippen molar-refractivity contribution in [3.05, 3.63) is 51.4 Å². The Bertz CT molecular complexity index is 1020. The van der Waals surface area contributed by atoms with Crippen LogP contribution in [0.2, 0.25) is 0 Å². The zero-order valence-electron chi connectivity index (χ0n) is 17.1. The second-order valence-electron chi connectivity index (χ2n) is 6.73. The molecule has 0 spiro atoms. The molecule has 1 amide bonds. The van der Waals surface area contributed by atoms with Gasteiger partial charge in [-0.25, -0.2) is 4.79 Å². The van der Waals surface area contributed by atoms with Gasteiger partial charge in [0.25, 0.3) is 5.91 Å². The van der Waals surface area contributed by atoms with Crippen molar-refractivity contribution in [2.75, 3.05) is 18.5 Å². The summed E-state index contributed by atoms with van der Waals surface area (Å²) in [4.78, 5) is 26.5. The van der Waals surface area contributed by atoms with E-state index in [1.807, 2.05) is 25.1 Å². The molecule has 6 nitrogen and oxygen atoms in total. The van der Waals surface area contributed by atoms with Crippen LogP contribution in [-0.4, -0.2) is 25.1 Å². The van der Waals surface area contributed by atoms with E-state index in [4.69, 9.17) is 9.47 Å². The summed E-state index contributed by atoms with van der Waals surface area (Å²) in [6.07, 6.45) is 5.23. The second-order valence-corrected chi connectivity index (χ2v) is 7.84. The van der Waals surface area contributed by atoms with Crippen LogP contribution in [0.15, 0.2) is 29.8 Å². The molecule has 0 atom stereocenters. The van der Waals surface area contributed by atoms with Crippen LogP contribution in [0.25, 0.3) is 6.08 Å². The SMILES string of the molecule is CCOC(=O)c1c(NC(=O)C(C#N)=Cc2ccccc2OCC)sc2c1CCCC2. The maximum absolute atomic E-state index is 12.9. The van der Waals surface area contributed by atoms with Gasteiger partial charge < -0.3 is 14.8 Å². The standard InChI is InChI=1S/C23H24N2O4S/c1-3-28-18-11-7-5-9-15(18)13-16(14-24)21(26)25-22-20(23(27)29-4-2)17-10-6-8-12-19(17)30-22/h5,7,9,11,13H,3-4,6,8,10,12H2,1-2H3,(H,25,26). The second kappa shape index (κ2) is 10.1. The summed E-state index contributed by atoms with van der Waals surface area (Å²) < 4.78 is 10.8. The number of amides is 1. The van der Waals surface area contributed by atoms with E-state index in [9.17, 15) is 14.9 Å². The molecular formula is C23H24N2O4S. The quantitative estimate of drug-likeness (QED) is 0.394. The number of hydrogen-bond donors (Lipinski definition) is 1. The molecule has 0 bridgehead atoms. The fraction of sp³-hybridized carbons (Fsp3) is 0.348. The van der Waals surface area contributed by atoms with Crippen LogP contribution in [-0.2, 0) is 22.4 Å². The number of rotatable bonds is 7. The van der Waals surface area contributed by atoms with Crippen molar-refractivity contribution in [1.29, 1.82) is 5.26 Å². The summed E-state index contributed by atoms with van der Waals surface area (Å²) in [7, 11) is 0. The third-order valence-electron chi connectivity index (χ3n) is 4.76. The number of nitrogens with one attached hydrogen (secondary N) is 1. The normalized spacial score (nSPS) is 13.2. The molecule has 30 heavy (non-hydrogen) atoms. The van der Waals surface area contributed by atoms with Crippen LogP contribution in [0.4, 0.5) is 5.00 Å². The zero-order chi connectivity index (χ0) is 21.5. The van der Waals surface area contributed by atoms with Gasteiger partial charge >= 0.3 is 5.97 Å². The molecule has 1 aliphatic carbocycles. The highest BCUT2D eigenvalue weighted by atomic mass is 32.1. The van der Waals surface area contributed by atoms with Crippen LogP contribution in [0.1, 0.15) is 53.1 Å². The number of hydrogen-bond acceptors (Lipinski definition) is 6. The Hall–Kier alpha value is -3.11. The molecule has 1 aromatic carbocycles. The average Bonchev–Trinajstić information content (AvgIpc) is 3.11. The van der Waals surface area contributed by atoms with Gasteiger partial charge in [0.1, 0.15) is 22.4 Å². The molecule has 1 aliphatic rings. The molecule has 0 saturated heterocycles. The molecule has 0 radical (unpaired) electrons. The first-order valence-electron chi connectivity index (χ1n) is 10.1. The van der Waals surface area contributed by atoms with E-state index in [2.05, 4.69) is 5.32 Å². The fourth-order valence-corrected chi connectivity index (χ4v) is 4.71. The minimum atomic E-state index is -0.562. The Kier molecular flexibility index (Phi) is 7.26. The highest BCUT2D eigenvalue weighted by Crippen LogP contribution is 2.38. The van der Waals surface area contributed by atoms with Crippen LogP contribution in [0.3, 0.4) is 0 Å². The minimum Gasteiger partial charge on any atom is -0.493 e. The van der Waals surface area contributed by atoms with Gasteiger partial charge in [-0.2, -0.15) is 5.26 Å². The molecule has 1 heterocycles. The number of carbonyl (C=O) groups is 2. The summed E-state index contributed by atoms with van der Waals surface area (Å²) in [5.74, 6) is -0.399. The van der Waals surface area contributed by atoms with Gasteiger partial charge in [0.05, 0.1) is 18.8 Å². The average molecular weight is 425 g/mol. The minimum absolute atomic E-state index is 0.0664. The number of aryl methyl sites for hydroxylation is 1. The monoisotopic (exact) mass is 424 g/mol. The predicted octanol–water partition coefficient (Wildman–Crippen LogP) is 4.75. The largest absolute Gasteiger partial charge is 0.493 e. The lowest BCUT2D eigenvalue weighted by molar-refractivity contribution is -0.112. The third-order valence-corrected chi connectivity index (χ3v) is 5.97. The number of esters is 1. The first-order valence-corrected chi connectivity index (χ1v) is 10.9. The molecule has 1 aromatic heterocycles. The summed E-state index contributed by atoms with van der Waals surface area (Å²) >= 11 is 1.40. The smallest absolute Gasteiger partial charge is 0.341 e. The maximum Gasteiger partial charge on any atom is 0.341 e. The van der Waals surface area contributed by atoms with Crippen molar-refractivity contribution >= 4 is 34.3 Å². The van der Waals surface area contributed by atoms with Crippen molar-refractivity contribution in [3.8, 4) is 11.8 Å². The highest BCUT2D eigenvalue weighted by Gasteiger charge is 2.27. The van der Waals surface area contributed by atoms with Crippen LogP contribution >= 0.6 is 11.3 Å². The van der Waals surface area contributed by atoms with Gasteiger partial charge in [-0.3, -0.25) is 4.79 Å². The van der Waals surface area contributed by atoms with Gasteiger partial charge in [-0.05, 0) is 57.2 Å². The molecule has 1 N–H and O–H groups in total. The lowest BCUT2D eigenvalue weighted by atomic mass is 9.95. The van der Waals surface area contributed by atoms with E-state index in [1.54, 1.807) is 19.1 Å². The van der Waals surface area contributed by atoms with E-state index < -0.39 is 11.9 Å². The number of nitriles is 1. The number of benzene rings is 1. The van der Waals surface area contributed by atoms with Gasteiger partial charge in [0, 0.05) is 10.4 Å². The number of ether oxygens (including phenoxy) is 2. The Labute approximate surface area is 180 Å². The summed E-state index contributed by atoms with van der Waals surface area (Å²) in [5, 5.41) is 12.8. The van der Waals surface area contributed by atoms with Crippen LogP contribution in [0, 0.1) is 11.3 Å². The topological polar surface area (TPSA) is 88.4 Å². The molecule has 7 heteroatoms. The predicted molar refractivity (Wildman–Crippen MR) is 117 cm³/mol. The van der Waals surface area contributed by atoms with Crippen molar-refractivity contribution < 1.29 is 19.1 Å². The third kappa shape index (κ3) is 4.71. The fourth-order valence-electron chi connectivity index (χ4n) is 3.43. The lowest BCUT2D eigenvalue weighted by Crippen LogP contribution is -2.16. The van der Waals surface area contributed by atoms with Crippen molar-refractivity contribution in [3.63, 3.8) is 0 Å². The first kappa shape index (κ1) is 21.6. The van der Waals surface area contributed by atoms with E-state index in [1.165, 1.54) is 17.4 Å². The molecule has 156 valence electrons. The maximum atomic E-state index is 12.9. The molecule has 0 fully saturated rings. The lowest BCUT2D eigenvalue weighted by Gasteiger charge is -2.12. The highest BCUT2D eigenvalue weighted by molar-refractivity contribution is 7.17. The van der Waals surface area contributed by atoms with Crippen molar-refractivity contribution in [2.24, 2.45) is 0 Å². The van der Waals surface area contributed by atoms with E-state index in [0.717, 1.165) is 36.1 Å². The number of anilines is 1. The van der Waals surface area contributed by atoms with Gasteiger partial charge in [-0.1, -0.05) is 18.2 Å². The van der Waals surface area contributed by atoms with E-state index in [-0.39, 0.29) is 12.2 Å². The Morgan fingerprint density at radius 3 is 2.70 bits per heavy atom. The molecule has 3 rings (SSSR count). The molecule has 2 aromatic rings. The molecule has 0 aliphatic heterocycles. The summed E-state index contributed by atoms with van der Waals surface area (Å²) in [5.41, 5.74) is 1.96. The molecular weight excluding hydrogens is 400 g/mol. The Balaban J connectivity index is 1.92.